The summed E-state index contributed by atoms with van der Waals surface area (Å²) < 4.78 is 28.7. The average Bonchev–Trinajstić information content (AvgIpc) is 2.37. The zero-order chi connectivity index (χ0) is 15.8. The molecule has 8 heteroatoms. The van der Waals surface area contributed by atoms with Crippen molar-refractivity contribution in [2.75, 3.05) is 4.72 Å². The van der Waals surface area contributed by atoms with E-state index in [-0.39, 0.29) is 20.6 Å². The molecule has 2 aromatic rings. The van der Waals surface area contributed by atoms with E-state index in [1.165, 1.54) is 6.07 Å². The smallest absolute Gasteiger partial charge is 0.261 e. The number of hydrogen-bond acceptors (Lipinski definition) is 2. The Morgan fingerprint density at radius 3 is 2.14 bits per heavy atom. The second kappa shape index (κ2) is 6.46. The largest absolute Gasteiger partial charge is 0.277 e. The van der Waals surface area contributed by atoms with Crippen LogP contribution >= 0.6 is 55.1 Å². The van der Waals surface area contributed by atoms with Gasteiger partial charge in [-0.25, -0.2) is 8.42 Å². The van der Waals surface area contributed by atoms with E-state index in [2.05, 4.69) is 36.6 Å². The lowest BCUT2D eigenvalue weighted by Crippen LogP contribution is -2.13. The summed E-state index contributed by atoms with van der Waals surface area (Å²) >= 11 is 18.6. The predicted octanol–water partition coefficient (Wildman–Crippen LogP) is 5.63. The molecule has 112 valence electrons. The molecule has 0 unspecified atom stereocenters. The second-order valence-electron chi connectivity index (χ2n) is 4.26. The van der Waals surface area contributed by atoms with E-state index in [4.69, 9.17) is 23.2 Å². The summed E-state index contributed by atoms with van der Waals surface area (Å²) in [6, 6.07) is 7.87. The van der Waals surface area contributed by atoms with Crippen molar-refractivity contribution in [1.29, 1.82) is 0 Å². The van der Waals surface area contributed by atoms with E-state index in [0.29, 0.717) is 4.47 Å². The van der Waals surface area contributed by atoms with Gasteiger partial charge in [-0.05, 0) is 42.8 Å². The summed E-state index contributed by atoms with van der Waals surface area (Å²) in [5.41, 5.74) is 0.966. The van der Waals surface area contributed by atoms with Crippen LogP contribution in [0.1, 0.15) is 5.56 Å². The predicted molar refractivity (Wildman–Crippen MR) is 93.8 cm³/mol. The lowest BCUT2D eigenvalue weighted by Gasteiger charge is -2.12. The molecule has 3 nitrogen and oxygen atoms in total. The van der Waals surface area contributed by atoms with Crippen molar-refractivity contribution in [3.8, 4) is 0 Å². The Labute approximate surface area is 150 Å². The van der Waals surface area contributed by atoms with Crippen LogP contribution in [0.5, 0.6) is 0 Å². The Morgan fingerprint density at radius 2 is 1.62 bits per heavy atom. The first-order valence-corrected chi connectivity index (χ1v) is 9.47. The van der Waals surface area contributed by atoms with E-state index in [0.717, 1.165) is 10.0 Å². The minimum Gasteiger partial charge on any atom is -0.277 e. The Hall–Kier alpha value is -0.270. The zero-order valence-corrected chi connectivity index (χ0v) is 16.1. The molecule has 0 aliphatic rings. The number of rotatable bonds is 3. The quantitative estimate of drug-likeness (QED) is 0.628. The fourth-order valence-corrected chi connectivity index (χ4v) is 4.46. The van der Waals surface area contributed by atoms with Gasteiger partial charge in [0.05, 0.1) is 20.6 Å². The maximum Gasteiger partial charge on any atom is 0.261 e. The van der Waals surface area contributed by atoms with E-state index in [9.17, 15) is 8.42 Å². The topological polar surface area (TPSA) is 46.2 Å². The van der Waals surface area contributed by atoms with Crippen molar-refractivity contribution in [3.63, 3.8) is 0 Å². The van der Waals surface area contributed by atoms with Gasteiger partial charge in [-0.2, -0.15) is 0 Å². The standard InChI is InChI=1S/C13H9Br2Cl2NO2S/c1-7-4-9(2-3-10(7)15)21(19,20)18-13-11(16)5-8(14)6-12(13)17/h2-6,18H,1H3. The molecule has 0 atom stereocenters. The molecule has 2 aromatic carbocycles. The Balaban J connectivity index is 2.44. The molecule has 0 bridgehead atoms. The minimum absolute atomic E-state index is 0.137. The summed E-state index contributed by atoms with van der Waals surface area (Å²) in [4.78, 5) is 0.137. The molecule has 21 heavy (non-hydrogen) atoms. The zero-order valence-electron chi connectivity index (χ0n) is 10.6. The van der Waals surface area contributed by atoms with Crippen LogP contribution in [0.2, 0.25) is 10.0 Å². The molecule has 1 N–H and O–H groups in total. The van der Waals surface area contributed by atoms with Crippen molar-refractivity contribution in [1.82, 2.24) is 0 Å². The van der Waals surface area contributed by atoms with Crippen LogP contribution in [0, 0.1) is 6.92 Å². The van der Waals surface area contributed by atoms with Gasteiger partial charge in [-0.1, -0.05) is 55.1 Å². The monoisotopic (exact) mass is 471 g/mol. The van der Waals surface area contributed by atoms with Crippen molar-refractivity contribution in [3.05, 3.63) is 54.9 Å². The summed E-state index contributed by atoms with van der Waals surface area (Å²) in [6.07, 6.45) is 0. The molecule has 0 saturated carbocycles. The Bertz CT molecular complexity index is 787. The first-order valence-electron chi connectivity index (χ1n) is 5.64. The van der Waals surface area contributed by atoms with Crippen LogP contribution in [0.15, 0.2) is 44.2 Å². The van der Waals surface area contributed by atoms with Gasteiger partial charge in [0.15, 0.2) is 0 Å². The third-order valence-electron chi connectivity index (χ3n) is 2.68. The van der Waals surface area contributed by atoms with E-state index < -0.39 is 10.0 Å². The SMILES string of the molecule is Cc1cc(S(=O)(=O)Nc2c(Cl)cc(Br)cc2Cl)ccc1Br. The van der Waals surface area contributed by atoms with Crippen molar-refractivity contribution in [2.24, 2.45) is 0 Å². The normalized spacial score (nSPS) is 11.5. The molecule has 2 rings (SSSR count). The molecule has 0 amide bonds. The molecular formula is C13H9Br2Cl2NO2S. The number of nitrogens with one attached hydrogen (secondary N) is 1. The van der Waals surface area contributed by atoms with Crippen LogP contribution in [0.3, 0.4) is 0 Å². The molecule has 0 saturated heterocycles. The van der Waals surface area contributed by atoms with Gasteiger partial charge in [-0.15, -0.1) is 0 Å². The number of aryl methyl sites for hydroxylation is 1. The molecular weight excluding hydrogens is 465 g/mol. The van der Waals surface area contributed by atoms with Crippen molar-refractivity contribution in [2.45, 2.75) is 11.8 Å². The molecule has 0 aromatic heterocycles. The first kappa shape index (κ1) is 17.1. The summed E-state index contributed by atoms with van der Waals surface area (Å²) in [5.74, 6) is 0. The second-order valence-corrected chi connectivity index (χ2v) is 8.53. The third kappa shape index (κ3) is 3.93. The molecule has 0 radical (unpaired) electrons. The Morgan fingerprint density at radius 1 is 1.05 bits per heavy atom. The fourth-order valence-electron chi connectivity index (χ4n) is 1.62. The third-order valence-corrected chi connectivity index (χ3v) is 5.97. The lowest BCUT2D eigenvalue weighted by molar-refractivity contribution is 0.601. The van der Waals surface area contributed by atoms with Crippen molar-refractivity contribution >= 4 is 70.8 Å². The minimum atomic E-state index is -3.77. The summed E-state index contributed by atoms with van der Waals surface area (Å²) in [5, 5.41) is 0.429. The summed E-state index contributed by atoms with van der Waals surface area (Å²) in [7, 11) is -3.77. The highest BCUT2D eigenvalue weighted by atomic mass is 79.9. The number of benzene rings is 2. The van der Waals surface area contributed by atoms with Gasteiger partial charge in [-0.3, -0.25) is 4.72 Å². The molecule has 0 spiro atoms. The van der Waals surface area contributed by atoms with Crippen LogP contribution in [0.25, 0.3) is 0 Å². The number of anilines is 1. The van der Waals surface area contributed by atoms with E-state index >= 15 is 0 Å². The molecule has 0 heterocycles. The highest BCUT2D eigenvalue weighted by Crippen LogP contribution is 2.35. The highest BCUT2D eigenvalue weighted by Gasteiger charge is 2.19. The van der Waals surface area contributed by atoms with Crippen LogP contribution in [-0.2, 0) is 10.0 Å². The van der Waals surface area contributed by atoms with Crippen LogP contribution in [0.4, 0.5) is 5.69 Å². The van der Waals surface area contributed by atoms with Crippen LogP contribution in [-0.4, -0.2) is 8.42 Å². The number of hydrogen-bond donors (Lipinski definition) is 1. The highest BCUT2D eigenvalue weighted by molar-refractivity contribution is 9.10. The first-order chi connectivity index (χ1) is 9.70. The van der Waals surface area contributed by atoms with Gasteiger partial charge in [0.2, 0.25) is 0 Å². The maximum absolute atomic E-state index is 12.4. The summed E-state index contributed by atoms with van der Waals surface area (Å²) in [6.45, 7) is 1.81. The van der Waals surface area contributed by atoms with Gasteiger partial charge >= 0.3 is 0 Å². The number of sulfonamides is 1. The molecule has 0 fully saturated rings. The maximum atomic E-state index is 12.4. The average molecular weight is 474 g/mol. The van der Waals surface area contributed by atoms with E-state index in [1.807, 2.05) is 6.92 Å². The van der Waals surface area contributed by atoms with Crippen LogP contribution < -0.4 is 4.72 Å². The van der Waals surface area contributed by atoms with Gasteiger partial charge < -0.3 is 0 Å². The van der Waals surface area contributed by atoms with Gasteiger partial charge in [0.25, 0.3) is 10.0 Å². The van der Waals surface area contributed by atoms with Gasteiger partial charge in [0.1, 0.15) is 0 Å². The fraction of sp³-hybridized carbons (Fsp3) is 0.0769. The van der Waals surface area contributed by atoms with E-state index in [1.54, 1.807) is 24.3 Å². The lowest BCUT2D eigenvalue weighted by atomic mass is 10.2. The van der Waals surface area contributed by atoms with Crippen molar-refractivity contribution < 1.29 is 8.42 Å². The molecule has 0 aliphatic carbocycles. The number of halogens is 4. The van der Waals surface area contributed by atoms with Gasteiger partial charge in [0, 0.05) is 8.95 Å². The molecule has 0 aliphatic heterocycles. The Kier molecular flexibility index (Phi) is 5.26.